The highest BCUT2D eigenvalue weighted by Gasteiger charge is 2.33. The molecule has 0 atom stereocenters. The standard InChI is InChI=1S/C17H17ClN4O2S/c18-13-6-4-12(5-7-13)15-21-22-16(24-15)25-10-14(23)20-17(11-19)8-2-1-3-9-17/h4-7H,1-3,8-10H2,(H,20,23). The first-order chi connectivity index (χ1) is 12.1. The van der Waals surface area contributed by atoms with E-state index in [1.165, 1.54) is 0 Å². The molecule has 1 amide bonds. The number of hydrogen-bond donors (Lipinski definition) is 1. The molecule has 6 nitrogen and oxygen atoms in total. The number of rotatable bonds is 5. The van der Waals surface area contributed by atoms with Crippen LogP contribution in [0.2, 0.25) is 5.02 Å². The molecule has 8 heteroatoms. The third-order valence-electron chi connectivity index (χ3n) is 4.12. The second-order valence-electron chi connectivity index (χ2n) is 5.97. The van der Waals surface area contributed by atoms with Crippen LogP contribution in [-0.4, -0.2) is 27.4 Å². The number of nitrogens with one attached hydrogen (secondary N) is 1. The molecule has 1 N–H and O–H groups in total. The molecule has 1 aliphatic rings. The SMILES string of the molecule is N#CC1(NC(=O)CSc2nnc(-c3ccc(Cl)cc3)o2)CCCCC1. The van der Waals surface area contributed by atoms with Crippen LogP contribution in [0, 0.1) is 11.3 Å². The van der Waals surface area contributed by atoms with Crippen LogP contribution in [0.25, 0.3) is 11.5 Å². The lowest BCUT2D eigenvalue weighted by atomic mass is 9.83. The molecular formula is C17H17ClN4O2S. The van der Waals surface area contributed by atoms with Gasteiger partial charge in [-0.1, -0.05) is 42.6 Å². The summed E-state index contributed by atoms with van der Waals surface area (Å²) in [6.07, 6.45) is 4.47. The van der Waals surface area contributed by atoms with Gasteiger partial charge in [-0.3, -0.25) is 4.79 Å². The van der Waals surface area contributed by atoms with Crippen LogP contribution in [0.15, 0.2) is 33.9 Å². The van der Waals surface area contributed by atoms with Gasteiger partial charge < -0.3 is 9.73 Å². The summed E-state index contributed by atoms with van der Waals surface area (Å²) in [6.45, 7) is 0. The molecule has 0 saturated heterocycles. The van der Waals surface area contributed by atoms with Crippen LogP contribution < -0.4 is 5.32 Å². The molecule has 0 spiro atoms. The predicted molar refractivity (Wildman–Crippen MR) is 95.0 cm³/mol. The molecule has 0 unspecified atom stereocenters. The zero-order valence-corrected chi connectivity index (χ0v) is 15.1. The van der Waals surface area contributed by atoms with E-state index in [4.69, 9.17) is 16.0 Å². The van der Waals surface area contributed by atoms with Gasteiger partial charge in [0.25, 0.3) is 5.22 Å². The number of carbonyl (C=O) groups is 1. The van der Waals surface area contributed by atoms with Crippen molar-refractivity contribution in [3.05, 3.63) is 29.3 Å². The maximum atomic E-state index is 12.2. The van der Waals surface area contributed by atoms with E-state index in [1.54, 1.807) is 24.3 Å². The summed E-state index contributed by atoms with van der Waals surface area (Å²) in [4.78, 5) is 12.2. The Balaban J connectivity index is 1.56. The molecule has 1 aromatic heterocycles. The normalized spacial score (nSPS) is 16.2. The second-order valence-corrected chi connectivity index (χ2v) is 7.33. The van der Waals surface area contributed by atoms with E-state index in [9.17, 15) is 10.1 Å². The smallest absolute Gasteiger partial charge is 0.277 e. The van der Waals surface area contributed by atoms with Gasteiger partial charge in [0, 0.05) is 10.6 Å². The van der Waals surface area contributed by atoms with Gasteiger partial charge in [-0.2, -0.15) is 5.26 Å². The van der Waals surface area contributed by atoms with E-state index < -0.39 is 5.54 Å². The van der Waals surface area contributed by atoms with Gasteiger partial charge in [0.15, 0.2) is 0 Å². The van der Waals surface area contributed by atoms with Gasteiger partial charge in [-0.25, -0.2) is 0 Å². The minimum absolute atomic E-state index is 0.131. The molecular weight excluding hydrogens is 360 g/mol. The first kappa shape index (κ1) is 17.8. The topological polar surface area (TPSA) is 91.8 Å². The van der Waals surface area contributed by atoms with E-state index in [2.05, 4.69) is 21.6 Å². The molecule has 1 heterocycles. The van der Waals surface area contributed by atoms with Gasteiger partial charge >= 0.3 is 0 Å². The summed E-state index contributed by atoms with van der Waals surface area (Å²) >= 11 is 7.01. The molecule has 130 valence electrons. The van der Waals surface area contributed by atoms with Crippen molar-refractivity contribution in [3.63, 3.8) is 0 Å². The Morgan fingerprint density at radius 2 is 2.00 bits per heavy atom. The van der Waals surface area contributed by atoms with Crippen molar-refractivity contribution in [2.24, 2.45) is 0 Å². The highest BCUT2D eigenvalue weighted by molar-refractivity contribution is 7.99. The van der Waals surface area contributed by atoms with Crippen LogP contribution in [-0.2, 0) is 4.79 Å². The van der Waals surface area contributed by atoms with Crippen molar-refractivity contribution < 1.29 is 9.21 Å². The van der Waals surface area contributed by atoms with Crippen LogP contribution in [0.1, 0.15) is 32.1 Å². The number of benzene rings is 1. The average molecular weight is 377 g/mol. The number of amides is 1. The number of halogens is 1. The van der Waals surface area contributed by atoms with Crippen LogP contribution in [0.5, 0.6) is 0 Å². The lowest BCUT2D eigenvalue weighted by molar-refractivity contribution is -0.120. The number of hydrogen-bond acceptors (Lipinski definition) is 6. The Bertz CT molecular complexity index is 779. The summed E-state index contributed by atoms with van der Waals surface area (Å²) in [5.41, 5.74) is 0.0398. The van der Waals surface area contributed by atoms with Crippen molar-refractivity contribution in [3.8, 4) is 17.5 Å². The average Bonchev–Trinajstić information content (AvgIpc) is 3.10. The Morgan fingerprint density at radius 1 is 1.28 bits per heavy atom. The summed E-state index contributed by atoms with van der Waals surface area (Å²) in [7, 11) is 0. The van der Waals surface area contributed by atoms with E-state index in [1.807, 2.05) is 0 Å². The molecule has 2 aromatic rings. The zero-order chi connectivity index (χ0) is 17.7. The summed E-state index contributed by atoms with van der Waals surface area (Å²) in [5, 5.41) is 21.1. The molecule has 0 aliphatic heterocycles. The molecule has 0 bridgehead atoms. The largest absolute Gasteiger partial charge is 0.411 e. The van der Waals surface area contributed by atoms with E-state index in [0.717, 1.165) is 36.6 Å². The monoisotopic (exact) mass is 376 g/mol. The Labute approximate surface area is 154 Å². The third kappa shape index (κ3) is 4.53. The number of aromatic nitrogens is 2. The predicted octanol–water partition coefficient (Wildman–Crippen LogP) is 3.82. The fourth-order valence-electron chi connectivity index (χ4n) is 2.83. The first-order valence-corrected chi connectivity index (χ1v) is 9.41. The van der Waals surface area contributed by atoms with Crippen LogP contribution in [0.4, 0.5) is 0 Å². The van der Waals surface area contributed by atoms with Crippen molar-refractivity contribution >= 4 is 29.3 Å². The summed E-state index contributed by atoms with van der Waals surface area (Å²) in [6, 6.07) is 9.34. The van der Waals surface area contributed by atoms with E-state index in [-0.39, 0.29) is 11.7 Å². The van der Waals surface area contributed by atoms with Gasteiger partial charge in [0.1, 0.15) is 5.54 Å². The number of thioether (sulfide) groups is 1. The Hall–Kier alpha value is -2.04. The van der Waals surface area contributed by atoms with Crippen molar-refractivity contribution in [2.45, 2.75) is 42.9 Å². The molecule has 3 rings (SSSR count). The Morgan fingerprint density at radius 3 is 2.68 bits per heavy atom. The van der Waals surface area contributed by atoms with Crippen molar-refractivity contribution in [1.82, 2.24) is 15.5 Å². The van der Waals surface area contributed by atoms with Crippen LogP contribution in [0.3, 0.4) is 0 Å². The van der Waals surface area contributed by atoms with Gasteiger partial charge in [0.05, 0.1) is 11.8 Å². The van der Waals surface area contributed by atoms with Crippen LogP contribution >= 0.6 is 23.4 Å². The fraction of sp³-hybridized carbons (Fsp3) is 0.412. The zero-order valence-electron chi connectivity index (χ0n) is 13.5. The van der Waals surface area contributed by atoms with E-state index >= 15 is 0 Å². The minimum atomic E-state index is -0.723. The highest BCUT2D eigenvalue weighted by Crippen LogP contribution is 2.28. The minimum Gasteiger partial charge on any atom is -0.411 e. The molecule has 1 aromatic carbocycles. The van der Waals surface area contributed by atoms with Crippen molar-refractivity contribution in [1.29, 1.82) is 5.26 Å². The first-order valence-electron chi connectivity index (χ1n) is 8.05. The molecule has 25 heavy (non-hydrogen) atoms. The van der Waals surface area contributed by atoms with Gasteiger partial charge in [0.2, 0.25) is 11.8 Å². The number of nitriles is 1. The summed E-state index contributed by atoms with van der Waals surface area (Å²) in [5.74, 6) is 0.311. The summed E-state index contributed by atoms with van der Waals surface area (Å²) < 4.78 is 5.55. The third-order valence-corrected chi connectivity index (χ3v) is 5.19. The van der Waals surface area contributed by atoms with Gasteiger partial charge in [-0.15, -0.1) is 10.2 Å². The molecule has 1 fully saturated rings. The molecule has 0 radical (unpaired) electrons. The quantitative estimate of drug-likeness (QED) is 0.797. The molecule has 1 saturated carbocycles. The highest BCUT2D eigenvalue weighted by atomic mass is 35.5. The lowest BCUT2D eigenvalue weighted by Crippen LogP contribution is -2.49. The maximum absolute atomic E-state index is 12.2. The number of nitrogens with zero attached hydrogens (tertiary/aromatic N) is 3. The second kappa shape index (κ2) is 7.89. The number of carbonyl (C=O) groups excluding carboxylic acids is 1. The fourth-order valence-corrected chi connectivity index (χ4v) is 3.52. The lowest BCUT2D eigenvalue weighted by Gasteiger charge is -2.31. The van der Waals surface area contributed by atoms with E-state index in [0.29, 0.717) is 29.0 Å². The Kier molecular flexibility index (Phi) is 5.61. The molecule has 1 aliphatic carbocycles. The van der Waals surface area contributed by atoms with Crippen molar-refractivity contribution in [2.75, 3.05) is 5.75 Å². The maximum Gasteiger partial charge on any atom is 0.277 e. The van der Waals surface area contributed by atoms with Gasteiger partial charge in [-0.05, 0) is 37.1 Å².